The molecule has 1 aromatic rings. The van der Waals surface area contributed by atoms with Crippen LogP contribution in [0.1, 0.15) is 60.9 Å². The van der Waals surface area contributed by atoms with Gasteiger partial charge in [-0.25, -0.2) is 0 Å². The summed E-state index contributed by atoms with van der Waals surface area (Å²) < 4.78 is 7.94. The zero-order chi connectivity index (χ0) is 18.1. The highest BCUT2D eigenvalue weighted by Crippen LogP contribution is 2.57. The maximum absolute atomic E-state index is 13.0. The van der Waals surface area contributed by atoms with E-state index in [0.29, 0.717) is 12.0 Å². The fraction of sp³-hybridized carbons (Fsp3) is 0.619. The lowest BCUT2D eigenvalue weighted by molar-refractivity contribution is -0.189. The second-order valence-electron chi connectivity index (χ2n) is 8.89. The number of ketones is 1. The van der Waals surface area contributed by atoms with Gasteiger partial charge in [0, 0.05) is 14.5 Å². The largest absolute Gasteiger partial charge is 0.458 e. The van der Waals surface area contributed by atoms with E-state index in [9.17, 15) is 9.59 Å². The van der Waals surface area contributed by atoms with Crippen LogP contribution in [0.3, 0.4) is 0 Å². The first-order valence-electron chi connectivity index (χ1n) is 9.67. The van der Waals surface area contributed by atoms with Crippen LogP contribution < -0.4 is 0 Å². The average Bonchev–Trinajstić information content (AvgIpc) is 2.54. The Kier molecular flexibility index (Phi) is 4.13. The van der Waals surface area contributed by atoms with Crippen molar-refractivity contribution in [1.82, 2.24) is 0 Å². The summed E-state index contributed by atoms with van der Waals surface area (Å²) in [5.74, 6) is 1.18. The van der Waals surface area contributed by atoms with Gasteiger partial charge in [0.15, 0.2) is 5.78 Å². The Morgan fingerprint density at radius 1 is 1.04 bits per heavy atom. The van der Waals surface area contributed by atoms with Crippen LogP contribution >= 0.6 is 31.9 Å². The van der Waals surface area contributed by atoms with Gasteiger partial charge >= 0.3 is 5.97 Å². The topological polar surface area (TPSA) is 43.4 Å². The van der Waals surface area contributed by atoms with Gasteiger partial charge in [-0.2, -0.15) is 0 Å². The smallest absolute Gasteiger partial charge is 0.317 e. The van der Waals surface area contributed by atoms with E-state index in [1.54, 1.807) is 0 Å². The lowest BCUT2D eigenvalue weighted by Crippen LogP contribution is -2.53. The molecule has 4 fully saturated rings. The molecule has 0 aromatic heterocycles. The van der Waals surface area contributed by atoms with E-state index in [1.165, 1.54) is 19.3 Å². The van der Waals surface area contributed by atoms with Crippen LogP contribution in [0.4, 0.5) is 0 Å². The number of fused-ring (bicyclic) bond motifs is 1. The highest BCUT2D eigenvalue weighted by Gasteiger charge is 2.54. The molecule has 5 heteroatoms. The molecule has 1 unspecified atom stereocenters. The van der Waals surface area contributed by atoms with Gasteiger partial charge in [0.05, 0.1) is 0 Å². The van der Waals surface area contributed by atoms with Crippen LogP contribution in [0.2, 0.25) is 0 Å². The number of hydrogen-bond donors (Lipinski definition) is 0. The molecular weight excluding hydrogens is 460 g/mol. The summed E-state index contributed by atoms with van der Waals surface area (Å²) in [5.41, 5.74) is 1.39. The molecule has 26 heavy (non-hydrogen) atoms. The van der Waals surface area contributed by atoms with Crippen LogP contribution in [0.5, 0.6) is 0 Å². The van der Waals surface area contributed by atoms with Gasteiger partial charge < -0.3 is 4.74 Å². The molecule has 5 aliphatic carbocycles. The van der Waals surface area contributed by atoms with Crippen LogP contribution in [-0.2, 0) is 16.0 Å². The molecule has 1 aromatic carbocycles. The van der Waals surface area contributed by atoms with Crippen molar-refractivity contribution in [3.63, 3.8) is 0 Å². The molecule has 6 rings (SSSR count). The van der Waals surface area contributed by atoms with E-state index in [4.69, 9.17) is 4.74 Å². The fourth-order valence-corrected chi connectivity index (χ4v) is 7.77. The van der Waals surface area contributed by atoms with Gasteiger partial charge in [-0.1, -0.05) is 31.9 Å². The number of rotatable bonds is 2. The van der Waals surface area contributed by atoms with E-state index >= 15 is 0 Å². The Hall–Kier alpha value is -0.680. The van der Waals surface area contributed by atoms with Crippen molar-refractivity contribution in [2.45, 2.75) is 57.0 Å². The molecule has 4 bridgehead atoms. The Balaban J connectivity index is 1.37. The fourth-order valence-electron chi connectivity index (χ4n) is 6.35. The first kappa shape index (κ1) is 17.4. The van der Waals surface area contributed by atoms with Gasteiger partial charge in [0.25, 0.3) is 0 Å². The molecule has 0 heterocycles. The molecule has 0 N–H and O–H groups in total. The number of hydrogen-bond acceptors (Lipinski definition) is 3. The van der Waals surface area contributed by atoms with Crippen LogP contribution in [0.25, 0.3) is 0 Å². The Morgan fingerprint density at radius 3 is 2.27 bits per heavy atom. The third-order valence-electron chi connectivity index (χ3n) is 7.01. The third kappa shape index (κ3) is 2.81. The highest BCUT2D eigenvalue weighted by atomic mass is 79.9. The number of esters is 1. The van der Waals surface area contributed by atoms with E-state index in [2.05, 4.69) is 31.9 Å². The standard InChI is InChI=1S/C21H22Br2O3/c22-14-6-17-15(18(23)7-14)1-2-16(19(17)24)20(25)26-21-8-11-3-12(9-21)5-13(4-11)10-21/h6-7,11-13,16H,1-5,8-10H2. The van der Waals surface area contributed by atoms with E-state index < -0.39 is 5.92 Å². The number of benzene rings is 1. The van der Waals surface area contributed by atoms with Crippen molar-refractivity contribution < 1.29 is 14.3 Å². The van der Waals surface area contributed by atoms with E-state index in [0.717, 1.165) is 57.9 Å². The van der Waals surface area contributed by atoms with E-state index in [-0.39, 0.29) is 17.4 Å². The monoisotopic (exact) mass is 480 g/mol. The number of carbonyl (C=O) groups excluding carboxylic acids is 2. The molecular formula is C21H22Br2O3. The predicted octanol–water partition coefficient (Wildman–Crippen LogP) is 5.47. The molecule has 1 atom stereocenters. The molecule has 138 valence electrons. The average molecular weight is 482 g/mol. The van der Waals surface area contributed by atoms with Crippen molar-refractivity contribution >= 4 is 43.6 Å². The molecule has 3 nitrogen and oxygen atoms in total. The minimum absolute atomic E-state index is 0.0806. The van der Waals surface area contributed by atoms with Crippen LogP contribution in [0, 0.1) is 23.7 Å². The SMILES string of the molecule is O=C(OC12CC3CC(CC(C3)C1)C2)C1CCc2c(Br)cc(Br)cc2C1=O. The second-order valence-corrected chi connectivity index (χ2v) is 10.7. The molecule has 4 saturated carbocycles. The molecule has 0 saturated heterocycles. The maximum Gasteiger partial charge on any atom is 0.317 e. The molecule has 5 aliphatic rings. The zero-order valence-corrected chi connectivity index (χ0v) is 17.8. The first-order chi connectivity index (χ1) is 12.4. The van der Waals surface area contributed by atoms with Gasteiger partial charge in [-0.3, -0.25) is 9.59 Å². The minimum atomic E-state index is -0.642. The summed E-state index contributed by atoms with van der Waals surface area (Å²) in [6.45, 7) is 0. The highest BCUT2D eigenvalue weighted by molar-refractivity contribution is 9.11. The molecule has 0 spiro atoms. The van der Waals surface area contributed by atoms with Crippen molar-refractivity contribution in [3.05, 3.63) is 32.2 Å². The summed E-state index contributed by atoms with van der Waals surface area (Å²) in [6, 6.07) is 3.80. The number of Topliss-reactive ketones (excluding diaryl/α,β-unsaturated/α-hetero) is 1. The van der Waals surface area contributed by atoms with Crippen molar-refractivity contribution in [1.29, 1.82) is 0 Å². The summed E-state index contributed by atoms with van der Waals surface area (Å²) in [7, 11) is 0. The van der Waals surface area contributed by atoms with Gasteiger partial charge in [0.1, 0.15) is 11.5 Å². The third-order valence-corrected chi connectivity index (χ3v) is 8.17. The van der Waals surface area contributed by atoms with Crippen molar-refractivity contribution in [3.8, 4) is 0 Å². The van der Waals surface area contributed by atoms with E-state index in [1.807, 2.05) is 12.1 Å². The molecule has 0 aliphatic heterocycles. The Bertz CT molecular complexity index is 765. The molecule has 0 amide bonds. The maximum atomic E-state index is 13.0. The van der Waals surface area contributed by atoms with Gasteiger partial charge in [-0.15, -0.1) is 0 Å². The van der Waals surface area contributed by atoms with Gasteiger partial charge in [0.2, 0.25) is 0 Å². The Morgan fingerprint density at radius 2 is 1.65 bits per heavy atom. The number of carbonyl (C=O) groups is 2. The summed E-state index contributed by atoms with van der Waals surface area (Å²) in [4.78, 5) is 26.0. The lowest BCUT2D eigenvalue weighted by atomic mass is 9.54. The zero-order valence-electron chi connectivity index (χ0n) is 14.6. The lowest BCUT2D eigenvalue weighted by Gasteiger charge is -2.55. The molecule has 0 radical (unpaired) electrons. The summed E-state index contributed by atoms with van der Waals surface area (Å²) >= 11 is 7.00. The quantitative estimate of drug-likeness (QED) is 0.415. The second kappa shape index (κ2) is 6.16. The normalized spacial score (nSPS) is 37.5. The number of halogens is 2. The van der Waals surface area contributed by atoms with Crippen LogP contribution in [-0.4, -0.2) is 17.4 Å². The minimum Gasteiger partial charge on any atom is -0.458 e. The van der Waals surface area contributed by atoms with Gasteiger partial charge in [-0.05, 0) is 86.8 Å². The van der Waals surface area contributed by atoms with Crippen LogP contribution in [0.15, 0.2) is 21.1 Å². The summed E-state index contributed by atoms with van der Waals surface area (Å²) in [6.07, 6.45) is 8.27. The first-order valence-corrected chi connectivity index (χ1v) is 11.3. The Labute approximate surface area is 170 Å². The van der Waals surface area contributed by atoms with Crippen molar-refractivity contribution in [2.75, 3.05) is 0 Å². The predicted molar refractivity (Wildman–Crippen MR) is 105 cm³/mol. The van der Waals surface area contributed by atoms with Crippen molar-refractivity contribution in [2.24, 2.45) is 23.7 Å². The number of ether oxygens (including phenoxy) is 1. The summed E-state index contributed by atoms with van der Waals surface area (Å²) in [5, 5.41) is 0.